The standard InChI is InChI=1S/C19H20IN3O3/c1-4-23-15-8-6-5-7-14(15)22-18(23)11-21-19(24)12-9-16(25-2)17(26-3)10-13(12)20/h5-10H,4,11H2,1-3H3,(H,21,24). The minimum Gasteiger partial charge on any atom is -0.493 e. The number of carbonyl (C=O) groups excluding carboxylic acids is 1. The Morgan fingerprint density at radius 1 is 1.19 bits per heavy atom. The van der Waals surface area contributed by atoms with Crippen molar-refractivity contribution in [2.45, 2.75) is 20.0 Å². The van der Waals surface area contributed by atoms with Crippen LogP contribution in [0, 0.1) is 3.57 Å². The first-order valence-electron chi connectivity index (χ1n) is 8.22. The van der Waals surface area contributed by atoms with Gasteiger partial charge >= 0.3 is 0 Å². The van der Waals surface area contributed by atoms with Gasteiger partial charge in [0.05, 0.1) is 37.4 Å². The topological polar surface area (TPSA) is 65.4 Å². The second-order valence-electron chi connectivity index (χ2n) is 5.63. The molecule has 0 radical (unpaired) electrons. The van der Waals surface area contributed by atoms with Gasteiger partial charge in [-0.05, 0) is 53.8 Å². The zero-order valence-electron chi connectivity index (χ0n) is 14.9. The number of fused-ring (bicyclic) bond motifs is 1. The van der Waals surface area contributed by atoms with Gasteiger partial charge in [-0.15, -0.1) is 0 Å². The first kappa shape index (κ1) is 18.5. The van der Waals surface area contributed by atoms with Crippen LogP contribution in [0.5, 0.6) is 11.5 Å². The molecule has 1 aromatic heterocycles. The monoisotopic (exact) mass is 465 g/mol. The molecule has 0 fully saturated rings. The number of aromatic nitrogens is 2. The smallest absolute Gasteiger partial charge is 0.252 e. The molecule has 1 N–H and O–H groups in total. The highest BCUT2D eigenvalue weighted by Gasteiger charge is 2.16. The van der Waals surface area contributed by atoms with Crippen molar-refractivity contribution in [2.75, 3.05) is 14.2 Å². The first-order valence-corrected chi connectivity index (χ1v) is 9.30. The zero-order chi connectivity index (χ0) is 18.7. The molecule has 0 unspecified atom stereocenters. The molecule has 1 heterocycles. The molecule has 2 aromatic carbocycles. The molecule has 0 aliphatic rings. The van der Waals surface area contributed by atoms with Gasteiger partial charge in [-0.1, -0.05) is 12.1 Å². The molecule has 0 spiro atoms. The van der Waals surface area contributed by atoms with Crippen molar-refractivity contribution in [2.24, 2.45) is 0 Å². The van der Waals surface area contributed by atoms with Gasteiger partial charge in [0.2, 0.25) is 0 Å². The molecule has 0 aliphatic heterocycles. The van der Waals surface area contributed by atoms with Crippen LogP contribution in [0.25, 0.3) is 11.0 Å². The molecule has 136 valence electrons. The molecule has 7 heteroatoms. The number of carbonyl (C=O) groups is 1. The van der Waals surface area contributed by atoms with Gasteiger partial charge in [-0.3, -0.25) is 4.79 Å². The minimum atomic E-state index is -0.176. The van der Waals surface area contributed by atoms with E-state index in [2.05, 4.69) is 44.4 Å². The van der Waals surface area contributed by atoms with Crippen molar-refractivity contribution in [1.82, 2.24) is 14.9 Å². The van der Waals surface area contributed by atoms with Crippen LogP contribution in [-0.2, 0) is 13.1 Å². The highest BCUT2D eigenvalue weighted by atomic mass is 127. The van der Waals surface area contributed by atoms with Crippen molar-refractivity contribution in [3.63, 3.8) is 0 Å². The van der Waals surface area contributed by atoms with Gasteiger partial charge in [0.15, 0.2) is 11.5 Å². The third kappa shape index (κ3) is 3.48. The van der Waals surface area contributed by atoms with Gasteiger partial charge in [0.1, 0.15) is 5.82 Å². The summed E-state index contributed by atoms with van der Waals surface area (Å²) in [5.74, 6) is 1.78. The quantitative estimate of drug-likeness (QED) is 0.566. The second-order valence-corrected chi connectivity index (χ2v) is 6.79. The van der Waals surface area contributed by atoms with E-state index < -0.39 is 0 Å². The third-order valence-electron chi connectivity index (χ3n) is 4.17. The van der Waals surface area contributed by atoms with Crippen molar-refractivity contribution in [3.05, 3.63) is 51.4 Å². The third-order valence-corrected chi connectivity index (χ3v) is 5.07. The number of imidazole rings is 1. The maximum absolute atomic E-state index is 12.7. The lowest BCUT2D eigenvalue weighted by Gasteiger charge is -2.12. The lowest BCUT2D eigenvalue weighted by Crippen LogP contribution is -2.25. The van der Waals surface area contributed by atoms with E-state index in [1.807, 2.05) is 24.3 Å². The summed E-state index contributed by atoms with van der Waals surface area (Å²) in [4.78, 5) is 17.3. The summed E-state index contributed by atoms with van der Waals surface area (Å²) in [5, 5.41) is 2.96. The molecule has 1 amide bonds. The van der Waals surface area contributed by atoms with Crippen LogP contribution < -0.4 is 14.8 Å². The van der Waals surface area contributed by atoms with Gasteiger partial charge in [0, 0.05) is 10.1 Å². The van der Waals surface area contributed by atoms with E-state index in [0.717, 1.165) is 27.0 Å². The Morgan fingerprint density at radius 3 is 2.58 bits per heavy atom. The number of nitrogens with zero attached hydrogens (tertiary/aromatic N) is 2. The molecule has 6 nitrogen and oxygen atoms in total. The number of hydrogen-bond donors (Lipinski definition) is 1. The molecule has 0 atom stereocenters. The Bertz CT molecular complexity index is 953. The highest BCUT2D eigenvalue weighted by Crippen LogP contribution is 2.31. The van der Waals surface area contributed by atoms with Crippen molar-refractivity contribution < 1.29 is 14.3 Å². The maximum atomic E-state index is 12.7. The number of hydrogen-bond acceptors (Lipinski definition) is 4. The predicted molar refractivity (Wildman–Crippen MR) is 109 cm³/mol. The van der Waals surface area contributed by atoms with Crippen LogP contribution in [0.2, 0.25) is 0 Å². The number of methoxy groups -OCH3 is 2. The Balaban J connectivity index is 1.83. The molecule has 0 aliphatic carbocycles. The van der Waals surface area contributed by atoms with Crippen LogP contribution in [0.4, 0.5) is 0 Å². The molecule has 3 aromatic rings. The Labute approximate surface area is 165 Å². The van der Waals surface area contributed by atoms with E-state index in [0.29, 0.717) is 23.6 Å². The summed E-state index contributed by atoms with van der Waals surface area (Å²) in [6, 6.07) is 11.4. The van der Waals surface area contributed by atoms with Gasteiger partial charge in [-0.25, -0.2) is 4.98 Å². The number of amides is 1. The van der Waals surface area contributed by atoms with Gasteiger partial charge in [0.25, 0.3) is 5.91 Å². The Hall–Kier alpha value is -2.29. The zero-order valence-corrected chi connectivity index (χ0v) is 17.0. The second kappa shape index (κ2) is 7.94. The summed E-state index contributed by atoms with van der Waals surface area (Å²) < 4.78 is 13.5. The molecule has 0 saturated carbocycles. The van der Waals surface area contributed by atoms with Crippen LogP contribution in [0.3, 0.4) is 0 Å². The van der Waals surface area contributed by atoms with Gasteiger partial charge < -0.3 is 19.4 Å². The van der Waals surface area contributed by atoms with Gasteiger partial charge in [-0.2, -0.15) is 0 Å². The molecular formula is C19H20IN3O3. The summed E-state index contributed by atoms with van der Waals surface area (Å²) in [6.45, 7) is 3.21. The maximum Gasteiger partial charge on any atom is 0.252 e. The summed E-state index contributed by atoms with van der Waals surface area (Å²) in [6.07, 6.45) is 0. The summed E-state index contributed by atoms with van der Waals surface area (Å²) in [7, 11) is 3.12. The van der Waals surface area contributed by atoms with Crippen LogP contribution >= 0.6 is 22.6 Å². The number of aryl methyl sites for hydroxylation is 1. The van der Waals surface area contributed by atoms with E-state index in [1.54, 1.807) is 26.4 Å². The Kier molecular flexibility index (Phi) is 5.65. The predicted octanol–water partition coefficient (Wildman–Crippen LogP) is 3.61. The highest BCUT2D eigenvalue weighted by molar-refractivity contribution is 14.1. The van der Waals surface area contributed by atoms with E-state index in [1.165, 1.54) is 0 Å². The molecule has 26 heavy (non-hydrogen) atoms. The van der Waals surface area contributed by atoms with E-state index in [-0.39, 0.29) is 5.91 Å². The number of ether oxygens (including phenoxy) is 2. The average Bonchev–Trinajstić information content (AvgIpc) is 3.03. The number of halogens is 1. The lowest BCUT2D eigenvalue weighted by molar-refractivity contribution is 0.0948. The molecule has 0 saturated heterocycles. The SMILES string of the molecule is CCn1c(CNC(=O)c2cc(OC)c(OC)cc2I)nc2ccccc21. The van der Waals surface area contributed by atoms with Crippen molar-refractivity contribution >= 4 is 39.5 Å². The van der Waals surface area contributed by atoms with Crippen LogP contribution in [0.15, 0.2) is 36.4 Å². The summed E-state index contributed by atoms with van der Waals surface area (Å²) in [5.41, 5.74) is 2.54. The fraction of sp³-hybridized carbons (Fsp3) is 0.263. The minimum absolute atomic E-state index is 0.176. The number of nitrogens with one attached hydrogen (secondary N) is 1. The largest absolute Gasteiger partial charge is 0.493 e. The van der Waals surface area contributed by atoms with Crippen LogP contribution in [-0.4, -0.2) is 29.7 Å². The molecule has 3 rings (SSSR count). The number of para-hydroxylation sites is 2. The molecule has 0 bridgehead atoms. The Morgan fingerprint density at radius 2 is 1.88 bits per heavy atom. The summed E-state index contributed by atoms with van der Waals surface area (Å²) >= 11 is 2.12. The first-order chi connectivity index (χ1) is 12.6. The average molecular weight is 465 g/mol. The van der Waals surface area contributed by atoms with E-state index in [9.17, 15) is 4.79 Å². The van der Waals surface area contributed by atoms with E-state index in [4.69, 9.17) is 9.47 Å². The van der Waals surface area contributed by atoms with E-state index >= 15 is 0 Å². The van der Waals surface area contributed by atoms with Crippen molar-refractivity contribution in [1.29, 1.82) is 0 Å². The lowest BCUT2D eigenvalue weighted by atomic mass is 10.2. The normalized spacial score (nSPS) is 10.8. The molecular weight excluding hydrogens is 445 g/mol. The van der Waals surface area contributed by atoms with Crippen molar-refractivity contribution in [3.8, 4) is 11.5 Å². The fourth-order valence-electron chi connectivity index (χ4n) is 2.90. The number of benzene rings is 2. The number of rotatable bonds is 6. The van der Waals surface area contributed by atoms with Crippen LogP contribution in [0.1, 0.15) is 23.1 Å². The fourth-order valence-corrected chi connectivity index (χ4v) is 3.58.